The molecule has 0 spiro atoms. The molecular weight excluding hydrogens is 359 g/mol. The van der Waals surface area contributed by atoms with Crippen molar-refractivity contribution >= 4 is 39.1 Å². The summed E-state index contributed by atoms with van der Waals surface area (Å²) >= 11 is 12.0. The molecule has 1 aliphatic heterocycles. The third kappa shape index (κ3) is 3.22. The Morgan fingerprint density at radius 2 is 1.78 bits per heavy atom. The van der Waals surface area contributed by atoms with Gasteiger partial charge < -0.3 is 4.90 Å². The molecule has 2 fully saturated rings. The molecule has 3 rings (SSSR count). The highest BCUT2D eigenvalue weighted by molar-refractivity contribution is 7.89. The molecule has 0 bridgehead atoms. The fraction of sp³-hybridized carbons (Fsp3) is 0.533. The van der Waals surface area contributed by atoms with Crippen LogP contribution < -0.4 is 0 Å². The molecular formula is C15H18Cl2N2O3S. The Morgan fingerprint density at radius 3 is 2.35 bits per heavy atom. The van der Waals surface area contributed by atoms with Crippen molar-refractivity contribution in [2.24, 2.45) is 11.8 Å². The maximum Gasteiger partial charge on any atom is 0.244 e. The molecule has 1 saturated heterocycles. The number of hydrogen-bond acceptors (Lipinski definition) is 3. The Morgan fingerprint density at radius 1 is 1.17 bits per heavy atom. The SMILES string of the molecule is C[C@@H]1C[C@@H]1C(=O)N1CCN(S(=O)(=O)c2cccc(Cl)c2Cl)CC1. The molecule has 2 aliphatic rings. The minimum absolute atomic E-state index is 0.0160. The van der Waals surface area contributed by atoms with E-state index in [-0.39, 0.29) is 39.9 Å². The first kappa shape index (κ1) is 17.0. The summed E-state index contributed by atoms with van der Waals surface area (Å²) in [6.45, 7) is 3.44. The monoisotopic (exact) mass is 376 g/mol. The van der Waals surface area contributed by atoms with Gasteiger partial charge in [0.25, 0.3) is 0 Å². The van der Waals surface area contributed by atoms with Crippen LogP contribution in [0.2, 0.25) is 10.0 Å². The summed E-state index contributed by atoms with van der Waals surface area (Å²) in [5.74, 6) is 0.727. The fourth-order valence-corrected chi connectivity index (χ4v) is 5.03. The van der Waals surface area contributed by atoms with Crippen molar-refractivity contribution in [2.45, 2.75) is 18.2 Å². The molecule has 1 saturated carbocycles. The van der Waals surface area contributed by atoms with Crippen molar-refractivity contribution in [1.82, 2.24) is 9.21 Å². The second-order valence-corrected chi connectivity index (χ2v) is 8.79. The lowest BCUT2D eigenvalue weighted by atomic mass is 10.2. The van der Waals surface area contributed by atoms with Crippen molar-refractivity contribution in [1.29, 1.82) is 0 Å². The zero-order valence-corrected chi connectivity index (χ0v) is 15.0. The van der Waals surface area contributed by atoms with E-state index in [0.29, 0.717) is 19.0 Å². The van der Waals surface area contributed by atoms with E-state index in [2.05, 4.69) is 6.92 Å². The topological polar surface area (TPSA) is 57.7 Å². The molecule has 1 aromatic carbocycles. The van der Waals surface area contributed by atoms with E-state index in [1.807, 2.05) is 0 Å². The van der Waals surface area contributed by atoms with Gasteiger partial charge in [0.15, 0.2) is 0 Å². The smallest absolute Gasteiger partial charge is 0.244 e. The number of benzene rings is 1. The van der Waals surface area contributed by atoms with Gasteiger partial charge in [0, 0.05) is 32.1 Å². The molecule has 1 amide bonds. The van der Waals surface area contributed by atoms with Gasteiger partial charge in [0.1, 0.15) is 4.90 Å². The maximum absolute atomic E-state index is 12.7. The van der Waals surface area contributed by atoms with Crippen LogP contribution in [0, 0.1) is 11.8 Å². The summed E-state index contributed by atoms with van der Waals surface area (Å²) in [4.78, 5) is 14.0. The predicted octanol–water partition coefficient (Wildman–Crippen LogP) is 2.48. The van der Waals surface area contributed by atoms with Crippen molar-refractivity contribution in [3.05, 3.63) is 28.2 Å². The molecule has 1 aliphatic carbocycles. The summed E-state index contributed by atoms with van der Waals surface area (Å²) in [6, 6.07) is 4.57. The van der Waals surface area contributed by atoms with E-state index in [1.165, 1.54) is 10.4 Å². The quantitative estimate of drug-likeness (QED) is 0.813. The van der Waals surface area contributed by atoms with Gasteiger partial charge in [-0.1, -0.05) is 36.2 Å². The molecule has 23 heavy (non-hydrogen) atoms. The van der Waals surface area contributed by atoms with Gasteiger partial charge in [-0.2, -0.15) is 4.31 Å². The molecule has 0 N–H and O–H groups in total. The van der Waals surface area contributed by atoms with E-state index in [9.17, 15) is 13.2 Å². The number of nitrogens with zero attached hydrogens (tertiary/aromatic N) is 2. The summed E-state index contributed by atoms with van der Waals surface area (Å²) in [5.41, 5.74) is 0. The second kappa shape index (κ2) is 6.24. The lowest BCUT2D eigenvalue weighted by molar-refractivity contribution is -0.134. The van der Waals surface area contributed by atoms with Crippen LogP contribution in [0.15, 0.2) is 23.1 Å². The molecule has 0 unspecified atom stereocenters. The standard InChI is InChI=1S/C15H18Cl2N2O3S/c1-10-9-11(10)15(20)18-5-7-19(8-6-18)23(21,22)13-4-2-3-12(16)14(13)17/h2-4,10-11H,5-9H2,1H3/t10-,11+/m1/s1. The van der Waals surface area contributed by atoms with Crippen molar-refractivity contribution in [3.63, 3.8) is 0 Å². The van der Waals surface area contributed by atoms with Crippen molar-refractivity contribution in [3.8, 4) is 0 Å². The van der Waals surface area contributed by atoms with Crippen LogP contribution in [0.3, 0.4) is 0 Å². The number of amides is 1. The van der Waals surface area contributed by atoms with Crippen LogP contribution in [-0.4, -0.2) is 49.7 Å². The van der Waals surface area contributed by atoms with Gasteiger partial charge in [-0.15, -0.1) is 0 Å². The van der Waals surface area contributed by atoms with Gasteiger partial charge in [-0.3, -0.25) is 4.79 Å². The fourth-order valence-electron chi connectivity index (χ4n) is 2.87. The second-order valence-electron chi connectivity index (χ2n) is 6.10. The van der Waals surface area contributed by atoms with Gasteiger partial charge in [0.05, 0.1) is 10.0 Å². The normalized spacial score (nSPS) is 25.4. The average molecular weight is 377 g/mol. The maximum atomic E-state index is 12.7. The number of piperazine rings is 1. The Kier molecular flexibility index (Phi) is 4.62. The van der Waals surface area contributed by atoms with Gasteiger partial charge >= 0.3 is 0 Å². The summed E-state index contributed by atoms with van der Waals surface area (Å²) in [5, 5.41) is 0.253. The summed E-state index contributed by atoms with van der Waals surface area (Å²) in [6.07, 6.45) is 0.940. The number of sulfonamides is 1. The van der Waals surface area contributed by atoms with E-state index in [4.69, 9.17) is 23.2 Å². The lowest BCUT2D eigenvalue weighted by Gasteiger charge is -2.34. The van der Waals surface area contributed by atoms with Crippen molar-refractivity contribution < 1.29 is 13.2 Å². The lowest BCUT2D eigenvalue weighted by Crippen LogP contribution is -2.51. The van der Waals surface area contributed by atoms with Crippen LogP contribution in [0.4, 0.5) is 0 Å². The van der Waals surface area contributed by atoms with Crippen LogP contribution in [0.1, 0.15) is 13.3 Å². The van der Waals surface area contributed by atoms with E-state index in [1.54, 1.807) is 17.0 Å². The predicted molar refractivity (Wildman–Crippen MR) is 89.1 cm³/mol. The third-order valence-electron chi connectivity index (χ3n) is 4.51. The number of rotatable bonds is 3. The number of carbonyl (C=O) groups is 1. The molecule has 2 atom stereocenters. The Hall–Kier alpha value is -0.820. The minimum atomic E-state index is -3.70. The van der Waals surface area contributed by atoms with E-state index < -0.39 is 10.0 Å². The van der Waals surface area contributed by atoms with Gasteiger partial charge in [0.2, 0.25) is 15.9 Å². The van der Waals surface area contributed by atoms with E-state index >= 15 is 0 Å². The summed E-state index contributed by atoms with van der Waals surface area (Å²) < 4.78 is 26.8. The number of carbonyl (C=O) groups excluding carboxylic acids is 1. The van der Waals surface area contributed by atoms with E-state index in [0.717, 1.165) is 6.42 Å². The Balaban J connectivity index is 1.71. The molecule has 8 heteroatoms. The zero-order chi connectivity index (χ0) is 16.8. The number of halogens is 2. The van der Waals surface area contributed by atoms with Crippen LogP contribution in [-0.2, 0) is 14.8 Å². The highest BCUT2D eigenvalue weighted by Gasteiger charge is 2.42. The van der Waals surface area contributed by atoms with Crippen LogP contribution in [0.25, 0.3) is 0 Å². The largest absolute Gasteiger partial charge is 0.340 e. The van der Waals surface area contributed by atoms with Gasteiger partial charge in [-0.25, -0.2) is 8.42 Å². The highest BCUT2D eigenvalue weighted by atomic mass is 35.5. The molecule has 0 radical (unpaired) electrons. The molecule has 126 valence electrons. The first-order valence-corrected chi connectivity index (χ1v) is 9.75. The first-order valence-electron chi connectivity index (χ1n) is 7.55. The Labute approximate surface area is 146 Å². The first-order chi connectivity index (χ1) is 10.8. The van der Waals surface area contributed by atoms with Gasteiger partial charge in [-0.05, 0) is 24.5 Å². The van der Waals surface area contributed by atoms with Crippen LogP contribution >= 0.6 is 23.2 Å². The molecule has 1 aromatic rings. The minimum Gasteiger partial charge on any atom is -0.340 e. The number of hydrogen-bond donors (Lipinski definition) is 0. The highest BCUT2D eigenvalue weighted by Crippen LogP contribution is 2.39. The Bertz CT molecular complexity index is 730. The molecule has 5 nitrogen and oxygen atoms in total. The zero-order valence-electron chi connectivity index (χ0n) is 12.7. The summed E-state index contributed by atoms with van der Waals surface area (Å²) in [7, 11) is -3.70. The van der Waals surface area contributed by atoms with Crippen molar-refractivity contribution in [2.75, 3.05) is 26.2 Å². The van der Waals surface area contributed by atoms with Crippen LogP contribution in [0.5, 0.6) is 0 Å². The average Bonchev–Trinajstić information content (AvgIpc) is 3.26. The molecule has 1 heterocycles. The molecule has 0 aromatic heterocycles. The third-order valence-corrected chi connectivity index (χ3v) is 7.38.